The van der Waals surface area contributed by atoms with E-state index in [4.69, 9.17) is 23.2 Å². The van der Waals surface area contributed by atoms with Crippen LogP contribution in [0, 0.1) is 18.3 Å². The molecule has 0 radical (unpaired) electrons. The van der Waals surface area contributed by atoms with Crippen molar-refractivity contribution >= 4 is 46.9 Å². The number of nitrogens with one attached hydrogen (secondary N) is 1. The Labute approximate surface area is 220 Å². The van der Waals surface area contributed by atoms with E-state index >= 15 is 0 Å². The van der Waals surface area contributed by atoms with Crippen molar-refractivity contribution < 1.29 is 14.7 Å². The molecule has 3 rings (SSSR count). The zero-order valence-electron chi connectivity index (χ0n) is 20.8. The first kappa shape index (κ1) is 27.7. The van der Waals surface area contributed by atoms with Crippen LogP contribution in [0.4, 0.5) is 0 Å². The minimum atomic E-state index is -1.06. The highest BCUT2D eigenvalue weighted by Gasteiger charge is 2.38. The quantitative estimate of drug-likeness (QED) is 0.465. The Morgan fingerprint density at radius 1 is 1.22 bits per heavy atom. The maximum atomic E-state index is 13.6. The van der Waals surface area contributed by atoms with Crippen molar-refractivity contribution in [2.24, 2.45) is 16.3 Å². The van der Waals surface area contributed by atoms with Crippen molar-refractivity contribution in [3.8, 4) is 0 Å². The topological polar surface area (TPSA) is 101 Å². The monoisotopic (exact) mass is 531 g/mol. The van der Waals surface area contributed by atoms with Crippen LogP contribution >= 0.6 is 23.2 Å². The highest BCUT2D eigenvalue weighted by atomic mass is 35.5. The lowest BCUT2D eigenvalue weighted by Gasteiger charge is -2.37. The van der Waals surface area contributed by atoms with Crippen LogP contribution in [0.25, 0.3) is 5.57 Å². The van der Waals surface area contributed by atoms with Gasteiger partial charge in [0.2, 0.25) is 5.91 Å². The van der Waals surface area contributed by atoms with E-state index in [1.165, 1.54) is 10.6 Å². The van der Waals surface area contributed by atoms with Gasteiger partial charge in [-0.05, 0) is 48.6 Å². The van der Waals surface area contributed by atoms with E-state index < -0.39 is 29.4 Å². The van der Waals surface area contributed by atoms with Gasteiger partial charge in [0.15, 0.2) is 0 Å². The van der Waals surface area contributed by atoms with Crippen LogP contribution in [0.2, 0.25) is 10.0 Å². The second-order valence-electron chi connectivity index (χ2n) is 9.93. The summed E-state index contributed by atoms with van der Waals surface area (Å²) < 4.78 is 1.41. The number of aliphatic carboxylic acids is 1. The summed E-state index contributed by atoms with van der Waals surface area (Å²) in [4.78, 5) is 42.6. The number of aryl methyl sites for hydroxylation is 1. The summed E-state index contributed by atoms with van der Waals surface area (Å²) in [5.41, 5.74) is 0.917. The van der Waals surface area contributed by atoms with Crippen LogP contribution in [-0.4, -0.2) is 40.4 Å². The molecule has 0 saturated heterocycles. The molecule has 0 fully saturated rings. The highest BCUT2D eigenvalue weighted by molar-refractivity contribution is 6.39. The fraction of sp³-hybridized carbons (Fsp3) is 0.407. The average Bonchev–Trinajstić information content (AvgIpc) is 2.77. The third-order valence-electron chi connectivity index (χ3n) is 6.33. The minimum absolute atomic E-state index is 0.121. The molecule has 1 amide bonds. The number of aromatic nitrogens is 1. The van der Waals surface area contributed by atoms with Crippen LogP contribution in [0.15, 0.2) is 52.4 Å². The van der Waals surface area contributed by atoms with Gasteiger partial charge in [0.1, 0.15) is 6.04 Å². The maximum absolute atomic E-state index is 13.6. The number of amides is 1. The summed E-state index contributed by atoms with van der Waals surface area (Å²) in [7, 11) is 0. The molecular formula is C27H31Cl2N3O4. The average molecular weight is 532 g/mol. The summed E-state index contributed by atoms with van der Waals surface area (Å²) in [5, 5.41) is 13.5. The first-order valence-electron chi connectivity index (χ1n) is 11.8. The Morgan fingerprint density at radius 2 is 1.89 bits per heavy atom. The van der Waals surface area contributed by atoms with E-state index in [9.17, 15) is 19.5 Å². The van der Waals surface area contributed by atoms with Crippen LogP contribution in [0.5, 0.6) is 0 Å². The number of carboxylic acids is 1. The second-order valence-corrected chi connectivity index (χ2v) is 10.7. The third kappa shape index (κ3) is 6.45. The van der Waals surface area contributed by atoms with Crippen LogP contribution in [0.1, 0.15) is 50.8 Å². The standard InChI is InChI=1S/C27H31Cl2N3O4/c1-16(2)10-21(32-9-8-17(3)11-23(32)33)26(36)31-22(12-24(34)35)27(4)13-18(14-30-15-27)25-19(28)6-5-7-20(25)29/h5-9,11,13-14,16,21-22H,10,12,15H2,1-4H3,(H,31,36)(H,34,35)/t21?,22-,27+/m1/s1. The Kier molecular flexibility index (Phi) is 8.80. The number of rotatable bonds is 9. The van der Waals surface area contributed by atoms with Crippen molar-refractivity contribution in [2.75, 3.05) is 6.54 Å². The number of hydrogen-bond donors (Lipinski definition) is 2. The number of carbonyl (C=O) groups excluding carboxylic acids is 1. The fourth-order valence-corrected chi connectivity index (χ4v) is 5.05. The molecule has 1 aliphatic rings. The normalized spacial score (nSPS) is 19.0. The summed E-state index contributed by atoms with van der Waals surface area (Å²) in [6.07, 6.45) is 5.23. The Morgan fingerprint density at radius 3 is 2.47 bits per heavy atom. The molecule has 1 unspecified atom stereocenters. The molecule has 0 aliphatic carbocycles. The molecule has 2 N–H and O–H groups in total. The van der Waals surface area contributed by atoms with Crippen molar-refractivity contribution in [2.45, 2.75) is 52.6 Å². The molecule has 0 saturated carbocycles. The largest absolute Gasteiger partial charge is 0.481 e. The third-order valence-corrected chi connectivity index (χ3v) is 6.96. The van der Waals surface area contributed by atoms with Crippen LogP contribution in [-0.2, 0) is 9.59 Å². The molecular weight excluding hydrogens is 501 g/mol. The molecule has 1 aromatic heterocycles. The number of hydrogen-bond acceptors (Lipinski definition) is 4. The van der Waals surface area contributed by atoms with Crippen molar-refractivity contribution in [1.29, 1.82) is 0 Å². The number of halogens is 2. The van der Waals surface area contributed by atoms with Crippen molar-refractivity contribution in [3.05, 3.63) is 74.1 Å². The first-order valence-corrected chi connectivity index (χ1v) is 12.5. The van der Waals surface area contributed by atoms with E-state index in [2.05, 4.69) is 10.3 Å². The lowest BCUT2D eigenvalue weighted by molar-refractivity contribution is -0.138. The number of carboxylic acid groups (broad SMARTS) is 1. The van der Waals surface area contributed by atoms with Gasteiger partial charge in [-0.3, -0.25) is 19.4 Å². The summed E-state index contributed by atoms with van der Waals surface area (Å²) >= 11 is 12.8. The molecule has 1 aliphatic heterocycles. The summed E-state index contributed by atoms with van der Waals surface area (Å²) in [6.45, 7) is 7.85. The predicted octanol–water partition coefficient (Wildman–Crippen LogP) is 5.18. The molecule has 9 heteroatoms. The molecule has 192 valence electrons. The summed E-state index contributed by atoms with van der Waals surface area (Å²) in [6, 6.07) is 6.85. The lowest BCUT2D eigenvalue weighted by atomic mass is 9.76. The second kappa shape index (κ2) is 11.4. The molecule has 2 heterocycles. The van der Waals surface area contributed by atoms with Gasteiger partial charge < -0.3 is 15.0 Å². The van der Waals surface area contributed by atoms with Gasteiger partial charge in [0.05, 0.1) is 6.42 Å². The van der Waals surface area contributed by atoms with Crippen molar-refractivity contribution in [1.82, 2.24) is 9.88 Å². The van der Waals surface area contributed by atoms with E-state index in [1.807, 2.05) is 33.8 Å². The van der Waals surface area contributed by atoms with Crippen LogP contribution < -0.4 is 10.9 Å². The zero-order valence-corrected chi connectivity index (χ0v) is 22.3. The zero-order chi connectivity index (χ0) is 26.6. The van der Waals surface area contributed by atoms with Gasteiger partial charge in [-0.2, -0.15) is 0 Å². The van der Waals surface area contributed by atoms with E-state index in [0.717, 1.165) is 5.56 Å². The lowest BCUT2D eigenvalue weighted by Crippen LogP contribution is -2.51. The van der Waals surface area contributed by atoms with Crippen molar-refractivity contribution in [3.63, 3.8) is 0 Å². The first-order chi connectivity index (χ1) is 16.9. The molecule has 0 spiro atoms. The number of benzene rings is 1. The molecule has 7 nitrogen and oxygen atoms in total. The van der Waals surface area contributed by atoms with Gasteiger partial charge in [-0.1, -0.05) is 56.1 Å². The Hall–Kier alpha value is -2.90. The molecule has 3 atom stereocenters. The van der Waals surface area contributed by atoms with E-state index in [0.29, 0.717) is 27.6 Å². The minimum Gasteiger partial charge on any atom is -0.481 e. The predicted molar refractivity (Wildman–Crippen MR) is 144 cm³/mol. The molecule has 0 bridgehead atoms. The van der Waals surface area contributed by atoms with E-state index in [1.54, 1.807) is 36.7 Å². The number of dihydropyridines is 1. The van der Waals surface area contributed by atoms with Gasteiger partial charge in [-0.15, -0.1) is 0 Å². The van der Waals surface area contributed by atoms with Gasteiger partial charge in [-0.25, -0.2) is 0 Å². The number of allylic oxidation sites excluding steroid dienone is 1. The molecule has 2 aromatic rings. The fourth-order valence-electron chi connectivity index (χ4n) is 4.43. The highest BCUT2D eigenvalue weighted by Crippen LogP contribution is 2.38. The van der Waals surface area contributed by atoms with Gasteiger partial charge in [0, 0.05) is 52.1 Å². The van der Waals surface area contributed by atoms with E-state index in [-0.39, 0.29) is 24.4 Å². The Balaban J connectivity index is 1.99. The summed E-state index contributed by atoms with van der Waals surface area (Å²) in [5.74, 6) is -1.35. The molecule has 36 heavy (non-hydrogen) atoms. The number of aliphatic imine (C=N–C) groups is 1. The van der Waals surface area contributed by atoms with Gasteiger partial charge >= 0.3 is 5.97 Å². The molecule has 1 aromatic carbocycles. The number of carbonyl (C=O) groups is 2. The SMILES string of the molecule is Cc1ccn(C(CC(C)C)C(=O)N[C@H](CC(=O)O)[C@@]2(C)C=C(c3c(Cl)cccc3Cl)C=NC2)c(=O)c1. The Bertz CT molecular complexity index is 1250. The number of pyridine rings is 1. The smallest absolute Gasteiger partial charge is 0.305 e. The van der Waals surface area contributed by atoms with Crippen LogP contribution in [0.3, 0.4) is 0 Å². The van der Waals surface area contributed by atoms with Gasteiger partial charge in [0.25, 0.3) is 5.56 Å². The number of nitrogens with zero attached hydrogens (tertiary/aromatic N) is 2. The maximum Gasteiger partial charge on any atom is 0.305 e.